The molecular weight excluding hydrogens is 293 g/mol. The highest BCUT2D eigenvalue weighted by Crippen LogP contribution is 2.32. The summed E-state index contributed by atoms with van der Waals surface area (Å²) in [7, 11) is 1.60. The SMILES string of the molecule is CC(=O)N(C)c1ncc(-c2cccc(C(F)(F)F)c2)cc1C. The summed E-state index contributed by atoms with van der Waals surface area (Å²) in [5.41, 5.74) is 1.02. The number of carbonyl (C=O) groups is 1. The molecule has 0 unspecified atom stereocenters. The van der Waals surface area contributed by atoms with Gasteiger partial charge in [-0.05, 0) is 36.2 Å². The van der Waals surface area contributed by atoms with Crippen LogP contribution in [0.5, 0.6) is 0 Å². The lowest BCUT2D eigenvalue weighted by Crippen LogP contribution is -2.24. The lowest BCUT2D eigenvalue weighted by Gasteiger charge is -2.17. The molecule has 22 heavy (non-hydrogen) atoms. The summed E-state index contributed by atoms with van der Waals surface area (Å²) in [6.07, 6.45) is -2.91. The molecule has 0 aliphatic rings. The lowest BCUT2D eigenvalue weighted by molar-refractivity contribution is -0.137. The van der Waals surface area contributed by atoms with E-state index in [1.54, 1.807) is 26.1 Å². The van der Waals surface area contributed by atoms with Crippen molar-refractivity contribution in [1.82, 2.24) is 4.98 Å². The Kier molecular flexibility index (Phi) is 4.21. The molecule has 6 heteroatoms. The van der Waals surface area contributed by atoms with Crippen LogP contribution in [0, 0.1) is 6.92 Å². The molecule has 1 aromatic heterocycles. The van der Waals surface area contributed by atoms with E-state index in [1.165, 1.54) is 24.1 Å². The Balaban J connectivity index is 2.43. The molecule has 0 spiro atoms. The van der Waals surface area contributed by atoms with Crippen LogP contribution in [-0.4, -0.2) is 17.9 Å². The zero-order valence-corrected chi connectivity index (χ0v) is 12.4. The van der Waals surface area contributed by atoms with Gasteiger partial charge in [-0.2, -0.15) is 13.2 Å². The monoisotopic (exact) mass is 308 g/mol. The van der Waals surface area contributed by atoms with Crippen molar-refractivity contribution in [3.05, 3.63) is 47.7 Å². The number of hydrogen-bond acceptors (Lipinski definition) is 2. The van der Waals surface area contributed by atoms with E-state index in [4.69, 9.17) is 0 Å². The van der Waals surface area contributed by atoms with Crippen LogP contribution in [0.1, 0.15) is 18.1 Å². The summed E-state index contributed by atoms with van der Waals surface area (Å²) in [6.45, 7) is 3.18. The summed E-state index contributed by atoms with van der Waals surface area (Å²) in [6, 6.07) is 6.80. The minimum absolute atomic E-state index is 0.164. The van der Waals surface area contributed by atoms with E-state index in [9.17, 15) is 18.0 Å². The number of halogens is 3. The highest BCUT2D eigenvalue weighted by atomic mass is 19.4. The van der Waals surface area contributed by atoms with Crippen LogP contribution in [0.2, 0.25) is 0 Å². The molecule has 2 aromatic rings. The largest absolute Gasteiger partial charge is 0.416 e. The predicted molar refractivity (Wildman–Crippen MR) is 78.5 cm³/mol. The predicted octanol–water partition coefficient (Wildman–Crippen LogP) is 4.06. The first-order valence-corrected chi connectivity index (χ1v) is 6.58. The van der Waals surface area contributed by atoms with E-state index < -0.39 is 11.7 Å². The van der Waals surface area contributed by atoms with Gasteiger partial charge in [0.2, 0.25) is 5.91 Å². The van der Waals surface area contributed by atoms with Gasteiger partial charge in [0.15, 0.2) is 0 Å². The van der Waals surface area contributed by atoms with Crippen LogP contribution in [0.15, 0.2) is 36.5 Å². The molecule has 0 N–H and O–H groups in total. The number of amides is 1. The normalized spacial score (nSPS) is 11.4. The third kappa shape index (κ3) is 3.27. The second-order valence-corrected chi connectivity index (χ2v) is 5.02. The lowest BCUT2D eigenvalue weighted by atomic mass is 10.0. The maximum atomic E-state index is 12.8. The fourth-order valence-corrected chi connectivity index (χ4v) is 2.10. The molecule has 0 saturated heterocycles. The van der Waals surface area contributed by atoms with Crippen LogP contribution in [-0.2, 0) is 11.0 Å². The van der Waals surface area contributed by atoms with Crippen molar-refractivity contribution in [3.8, 4) is 11.1 Å². The second kappa shape index (κ2) is 5.79. The number of alkyl halides is 3. The van der Waals surface area contributed by atoms with E-state index in [0.29, 0.717) is 22.5 Å². The van der Waals surface area contributed by atoms with Crippen LogP contribution in [0.4, 0.5) is 19.0 Å². The first-order chi connectivity index (χ1) is 10.2. The number of pyridine rings is 1. The molecule has 3 nitrogen and oxygen atoms in total. The van der Waals surface area contributed by atoms with E-state index in [2.05, 4.69) is 4.98 Å². The van der Waals surface area contributed by atoms with Gasteiger partial charge in [-0.3, -0.25) is 9.69 Å². The van der Waals surface area contributed by atoms with Crippen molar-refractivity contribution in [2.45, 2.75) is 20.0 Å². The third-order valence-electron chi connectivity index (χ3n) is 3.36. The Labute approximate surface area is 126 Å². The maximum absolute atomic E-state index is 12.8. The summed E-state index contributed by atoms with van der Waals surface area (Å²) >= 11 is 0. The Bertz CT molecular complexity index is 711. The Morgan fingerprint density at radius 2 is 1.86 bits per heavy atom. The molecule has 0 saturated carbocycles. The number of anilines is 1. The van der Waals surface area contributed by atoms with Gasteiger partial charge < -0.3 is 0 Å². The molecule has 0 aliphatic heterocycles. The van der Waals surface area contributed by atoms with E-state index in [0.717, 1.165) is 12.1 Å². The standard InChI is InChI=1S/C16H15F3N2O/c1-10-7-13(9-20-15(10)21(3)11(2)22)12-5-4-6-14(8-12)16(17,18)19/h4-9H,1-3H3. The minimum atomic E-state index is -4.38. The molecule has 0 fully saturated rings. The highest BCUT2D eigenvalue weighted by molar-refractivity contribution is 5.90. The van der Waals surface area contributed by atoms with Crippen LogP contribution in [0.3, 0.4) is 0 Å². The van der Waals surface area contributed by atoms with Crippen molar-refractivity contribution in [2.24, 2.45) is 0 Å². The van der Waals surface area contributed by atoms with Gasteiger partial charge in [0, 0.05) is 25.7 Å². The fraction of sp³-hybridized carbons (Fsp3) is 0.250. The first kappa shape index (κ1) is 16.0. The van der Waals surface area contributed by atoms with E-state index in [-0.39, 0.29) is 5.91 Å². The van der Waals surface area contributed by atoms with Gasteiger partial charge in [0.25, 0.3) is 0 Å². The molecule has 0 aliphatic carbocycles. The van der Waals surface area contributed by atoms with Crippen LogP contribution >= 0.6 is 0 Å². The smallest absolute Gasteiger partial charge is 0.300 e. The summed E-state index contributed by atoms with van der Waals surface area (Å²) in [5.74, 6) is 0.325. The van der Waals surface area contributed by atoms with E-state index >= 15 is 0 Å². The molecule has 0 atom stereocenters. The van der Waals surface area contributed by atoms with Crippen molar-refractivity contribution in [1.29, 1.82) is 0 Å². The zero-order valence-electron chi connectivity index (χ0n) is 12.4. The number of nitrogens with zero attached hydrogens (tertiary/aromatic N) is 2. The van der Waals surface area contributed by atoms with Crippen molar-refractivity contribution in [3.63, 3.8) is 0 Å². The van der Waals surface area contributed by atoms with Gasteiger partial charge in [-0.25, -0.2) is 4.98 Å². The molecule has 0 radical (unpaired) electrons. The topological polar surface area (TPSA) is 33.2 Å². The summed E-state index contributed by atoms with van der Waals surface area (Å²) < 4.78 is 38.3. The van der Waals surface area contributed by atoms with Crippen molar-refractivity contribution in [2.75, 3.05) is 11.9 Å². The number of benzene rings is 1. The molecule has 0 bridgehead atoms. The number of aromatic nitrogens is 1. The molecule has 1 amide bonds. The van der Waals surface area contributed by atoms with Gasteiger partial charge in [-0.1, -0.05) is 12.1 Å². The summed E-state index contributed by atoms with van der Waals surface area (Å²) in [5, 5.41) is 0. The Hall–Kier alpha value is -2.37. The number of hydrogen-bond donors (Lipinski definition) is 0. The Morgan fingerprint density at radius 1 is 1.18 bits per heavy atom. The Morgan fingerprint density at radius 3 is 2.41 bits per heavy atom. The average Bonchev–Trinajstić information content (AvgIpc) is 2.45. The molecule has 1 aromatic carbocycles. The molecule has 1 heterocycles. The number of rotatable bonds is 2. The zero-order chi connectivity index (χ0) is 16.5. The van der Waals surface area contributed by atoms with Crippen LogP contribution in [0.25, 0.3) is 11.1 Å². The van der Waals surface area contributed by atoms with Crippen molar-refractivity contribution >= 4 is 11.7 Å². The van der Waals surface area contributed by atoms with Gasteiger partial charge >= 0.3 is 6.18 Å². The summed E-state index contributed by atoms with van der Waals surface area (Å²) in [4.78, 5) is 17.0. The minimum Gasteiger partial charge on any atom is -0.300 e. The number of carbonyl (C=O) groups excluding carboxylic acids is 1. The van der Waals surface area contributed by atoms with E-state index in [1.807, 2.05) is 0 Å². The van der Waals surface area contributed by atoms with Crippen molar-refractivity contribution < 1.29 is 18.0 Å². The molecular formula is C16H15F3N2O. The van der Waals surface area contributed by atoms with Gasteiger partial charge in [-0.15, -0.1) is 0 Å². The molecule has 2 rings (SSSR count). The number of aryl methyl sites for hydroxylation is 1. The quantitative estimate of drug-likeness (QED) is 0.838. The average molecular weight is 308 g/mol. The molecule has 116 valence electrons. The third-order valence-corrected chi connectivity index (χ3v) is 3.36. The second-order valence-electron chi connectivity index (χ2n) is 5.02. The van der Waals surface area contributed by atoms with Gasteiger partial charge in [0.05, 0.1) is 5.56 Å². The maximum Gasteiger partial charge on any atom is 0.416 e. The first-order valence-electron chi connectivity index (χ1n) is 6.58. The fourth-order valence-electron chi connectivity index (χ4n) is 2.10. The van der Waals surface area contributed by atoms with Gasteiger partial charge in [0.1, 0.15) is 5.82 Å². The van der Waals surface area contributed by atoms with Crippen LogP contribution < -0.4 is 4.90 Å². The highest BCUT2D eigenvalue weighted by Gasteiger charge is 2.30.